The first kappa shape index (κ1) is 13.8. The highest BCUT2D eigenvalue weighted by Crippen LogP contribution is 2.32. The lowest BCUT2D eigenvalue weighted by atomic mass is 10.00. The Morgan fingerprint density at radius 1 is 1.57 bits per heavy atom. The molecule has 1 fully saturated rings. The van der Waals surface area contributed by atoms with Crippen molar-refractivity contribution in [3.8, 4) is 0 Å². The normalized spacial score (nSPS) is 22.2. The molecule has 2 aromatic rings. The smallest absolute Gasteiger partial charge is 0.257 e. The summed E-state index contributed by atoms with van der Waals surface area (Å²) in [5.41, 5.74) is -0.104. The van der Waals surface area contributed by atoms with E-state index < -0.39 is 5.60 Å². The molecule has 7 heteroatoms. The Morgan fingerprint density at radius 2 is 2.38 bits per heavy atom. The number of hydrogen-bond acceptors (Lipinski definition) is 5. The minimum absolute atomic E-state index is 0.119. The predicted octanol–water partition coefficient (Wildman–Crippen LogP) is 1.25. The Kier molecular flexibility index (Phi) is 3.29. The summed E-state index contributed by atoms with van der Waals surface area (Å²) >= 11 is 0. The molecule has 21 heavy (non-hydrogen) atoms. The number of nitrogens with one attached hydrogen (secondary N) is 1. The van der Waals surface area contributed by atoms with Crippen LogP contribution in [0, 0.1) is 0 Å². The highest BCUT2D eigenvalue weighted by molar-refractivity contribution is 5.95. The number of carbonyl (C=O) groups excluding carboxylic acids is 1. The Bertz CT molecular complexity index is 634. The Hall–Kier alpha value is -2.15. The summed E-state index contributed by atoms with van der Waals surface area (Å²) < 4.78 is 5.39. The predicted molar refractivity (Wildman–Crippen MR) is 73.6 cm³/mol. The van der Waals surface area contributed by atoms with Crippen molar-refractivity contribution < 1.29 is 14.3 Å². The largest absolute Gasteiger partial charge is 0.468 e. The quantitative estimate of drug-likeness (QED) is 0.887. The van der Waals surface area contributed by atoms with Crippen LogP contribution in [0.3, 0.4) is 0 Å². The van der Waals surface area contributed by atoms with Gasteiger partial charge >= 0.3 is 0 Å². The summed E-state index contributed by atoms with van der Waals surface area (Å²) in [6.45, 7) is 4.64. The zero-order chi connectivity index (χ0) is 15.0. The van der Waals surface area contributed by atoms with Gasteiger partial charge in [-0.2, -0.15) is 15.4 Å². The molecule has 7 nitrogen and oxygen atoms in total. The van der Waals surface area contributed by atoms with E-state index in [1.54, 1.807) is 11.0 Å². The highest BCUT2D eigenvalue weighted by Gasteiger charge is 2.42. The molecule has 112 valence electrons. The van der Waals surface area contributed by atoms with E-state index in [2.05, 4.69) is 15.4 Å². The molecular weight excluding hydrogens is 272 g/mol. The minimum atomic E-state index is -1.13. The lowest BCUT2D eigenvalue weighted by Gasteiger charge is -2.21. The van der Waals surface area contributed by atoms with E-state index in [-0.39, 0.29) is 18.4 Å². The molecule has 0 unspecified atom stereocenters. The molecule has 1 atom stereocenters. The second-order valence-electron chi connectivity index (χ2n) is 5.72. The molecule has 2 aromatic heterocycles. The number of aliphatic hydroxyl groups is 1. The third-order valence-electron chi connectivity index (χ3n) is 3.88. The summed E-state index contributed by atoms with van der Waals surface area (Å²) in [4.78, 5) is 14.2. The van der Waals surface area contributed by atoms with Gasteiger partial charge in [0.05, 0.1) is 24.6 Å². The van der Waals surface area contributed by atoms with E-state index in [0.717, 1.165) is 0 Å². The van der Waals surface area contributed by atoms with Gasteiger partial charge in [-0.1, -0.05) is 13.8 Å². The molecule has 3 rings (SSSR count). The molecule has 0 aromatic carbocycles. The number of likely N-dealkylation sites (tertiary alicyclic amines) is 1. The van der Waals surface area contributed by atoms with E-state index in [4.69, 9.17) is 4.42 Å². The van der Waals surface area contributed by atoms with E-state index in [0.29, 0.717) is 30.0 Å². The number of aromatic amines is 1. The number of rotatable bonds is 3. The maximum absolute atomic E-state index is 12.6. The van der Waals surface area contributed by atoms with Crippen LogP contribution in [0.4, 0.5) is 0 Å². The molecule has 1 aliphatic heterocycles. The summed E-state index contributed by atoms with van der Waals surface area (Å²) in [7, 11) is 0. The molecule has 0 spiro atoms. The third kappa shape index (κ3) is 2.33. The Balaban J connectivity index is 1.80. The molecule has 1 amide bonds. The van der Waals surface area contributed by atoms with E-state index >= 15 is 0 Å². The van der Waals surface area contributed by atoms with Crippen molar-refractivity contribution in [2.75, 3.05) is 13.1 Å². The van der Waals surface area contributed by atoms with Gasteiger partial charge in [0.1, 0.15) is 17.1 Å². The van der Waals surface area contributed by atoms with Crippen LogP contribution >= 0.6 is 0 Å². The summed E-state index contributed by atoms with van der Waals surface area (Å²) in [5, 5.41) is 20.7. The molecule has 1 aliphatic rings. The topological polar surface area (TPSA) is 95.3 Å². The zero-order valence-electron chi connectivity index (χ0n) is 12.0. The van der Waals surface area contributed by atoms with E-state index in [1.807, 2.05) is 13.8 Å². The molecule has 2 N–H and O–H groups in total. The van der Waals surface area contributed by atoms with Crippen molar-refractivity contribution >= 4 is 5.91 Å². The first-order chi connectivity index (χ1) is 10.0. The van der Waals surface area contributed by atoms with Crippen LogP contribution in [-0.2, 0) is 5.60 Å². The molecule has 0 aliphatic carbocycles. The average molecular weight is 290 g/mol. The maximum atomic E-state index is 12.6. The lowest BCUT2D eigenvalue weighted by Crippen LogP contribution is -2.35. The van der Waals surface area contributed by atoms with Crippen LogP contribution in [0.5, 0.6) is 0 Å². The number of aromatic nitrogens is 3. The van der Waals surface area contributed by atoms with Crippen molar-refractivity contribution in [1.29, 1.82) is 0 Å². The molecular formula is C14H18N4O3. The number of amides is 1. The van der Waals surface area contributed by atoms with Crippen molar-refractivity contribution in [3.05, 3.63) is 35.5 Å². The van der Waals surface area contributed by atoms with Crippen molar-refractivity contribution in [3.63, 3.8) is 0 Å². The van der Waals surface area contributed by atoms with Gasteiger partial charge in [-0.3, -0.25) is 4.79 Å². The summed E-state index contributed by atoms with van der Waals surface area (Å²) in [5.74, 6) is 0.694. The second kappa shape index (κ2) is 5.00. The standard InChI is InChI=1S/C14H18N4O3/c1-9(2)12-10(3-6-21-12)13(19)18-5-4-14(20,8-18)11-7-15-17-16-11/h3,6-7,9,20H,4-5,8H2,1-2H3,(H,15,16,17)/t14-/m1/s1. The van der Waals surface area contributed by atoms with Gasteiger partial charge in [0.15, 0.2) is 0 Å². The molecule has 0 saturated carbocycles. The average Bonchev–Trinajstić information content (AvgIpc) is 3.18. The molecule has 3 heterocycles. The lowest BCUT2D eigenvalue weighted by molar-refractivity contribution is 0.0381. The summed E-state index contributed by atoms with van der Waals surface area (Å²) in [6.07, 6.45) is 3.47. The van der Waals surface area contributed by atoms with Gasteiger partial charge in [0.2, 0.25) is 0 Å². The second-order valence-corrected chi connectivity index (χ2v) is 5.72. The van der Waals surface area contributed by atoms with Gasteiger partial charge in [0, 0.05) is 18.9 Å². The fourth-order valence-corrected chi connectivity index (χ4v) is 2.72. The molecule has 1 saturated heterocycles. The zero-order valence-corrected chi connectivity index (χ0v) is 12.0. The van der Waals surface area contributed by atoms with Gasteiger partial charge in [-0.05, 0) is 6.07 Å². The number of nitrogens with zero attached hydrogens (tertiary/aromatic N) is 3. The van der Waals surface area contributed by atoms with Gasteiger partial charge in [-0.25, -0.2) is 0 Å². The first-order valence-electron chi connectivity index (χ1n) is 6.96. The number of hydrogen-bond donors (Lipinski definition) is 2. The highest BCUT2D eigenvalue weighted by atomic mass is 16.3. The number of β-amino-alcohol motifs (C(OH)–C–C–N with tert-alkyl or cyclic N) is 1. The third-order valence-corrected chi connectivity index (χ3v) is 3.88. The van der Waals surface area contributed by atoms with Crippen LogP contribution in [0.25, 0.3) is 0 Å². The molecule has 0 radical (unpaired) electrons. The van der Waals surface area contributed by atoms with Crippen molar-refractivity contribution in [2.24, 2.45) is 0 Å². The number of H-pyrrole nitrogens is 1. The van der Waals surface area contributed by atoms with Gasteiger partial charge in [0.25, 0.3) is 5.91 Å². The fraction of sp³-hybridized carbons (Fsp3) is 0.500. The van der Waals surface area contributed by atoms with Crippen LogP contribution in [0.15, 0.2) is 22.9 Å². The van der Waals surface area contributed by atoms with Crippen LogP contribution in [-0.4, -0.2) is 44.4 Å². The van der Waals surface area contributed by atoms with Gasteiger partial charge in [-0.15, -0.1) is 0 Å². The van der Waals surface area contributed by atoms with Gasteiger partial charge < -0.3 is 14.4 Å². The number of furan rings is 1. The fourth-order valence-electron chi connectivity index (χ4n) is 2.72. The Labute approximate surface area is 121 Å². The number of carbonyl (C=O) groups is 1. The van der Waals surface area contributed by atoms with Crippen molar-refractivity contribution in [2.45, 2.75) is 31.8 Å². The minimum Gasteiger partial charge on any atom is -0.468 e. The molecule has 0 bridgehead atoms. The maximum Gasteiger partial charge on any atom is 0.257 e. The monoisotopic (exact) mass is 290 g/mol. The van der Waals surface area contributed by atoms with Crippen LogP contribution < -0.4 is 0 Å². The van der Waals surface area contributed by atoms with Crippen molar-refractivity contribution in [1.82, 2.24) is 20.3 Å². The van der Waals surface area contributed by atoms with E-state index in [1.165, 1.54) is 12.5 Å². The van der Waals surface area contributed by atoms with Crippen LogP contribution in [0.2, 0.25) is 0 Å². The van der Waals surface area contributed by atoms with E-state index in [9.17, 15) is 9.90 Å². The Morgan fingerprint density at radius 3 is 3.05 bits per heavy atom. The van der Waals surface area contributed by atoms with Crippen LogP contribution in [0.1, 0.15) is 48.0 Å². The SMILES string of the molecule is CC(C)c1occc1C(=O)N1CC[C@](O)(c2cn[nH]n2)C1. The summed E-state index contributed by atoms with van der Waals surface area (Å²) in [6, 6.07) is 1.69. The first-order valence-corrected chi connectivity index (χ1v) is 6.96.